The molecule has 0 spiro atoms. The van der Waals surface area contributed by atoms with Crippen LogP contribution in [0.4, 0.5) is 0 Å². The fraction of sp³-hybridized carbons (Fsp3) is 0.750. The van der Waals surface area contributed by atoms with Crippen molar-refractivity contribution in [1.29, 1.82) is 0 Å². The van der Waals surface area contributed by atoms with Crippen molar-refractivity contribution in [3.05, 3.63) is 0 Å². The number of thioether (sulfide) groups is 1. The Morgan fingerprint density at radius 1 is 1.17 bits per heavy atom. The standard InChI is InChI=1S/C16H27NO5S/c1-3-5-13(19)6-4-7-14(20)15(21)8-9-16(22)23-11-10-17-12(2)18/h13,19H,3-11H2,1-2H3,(H,17,18)/i8D2,9D2. The van der Waals surface area contributed by atoms with Crippen LogP contribution in [-0.4, -0.2) is 46.1 Å². The maximum Gasteiger partial charge on any atom is 0.216 e. The first-order valence-corrected chi connectivity index (χ1v) is 8.53. The van der Waals surface area contributed by atoms with E-state index in [1.54, 1.807) is 0 Å². The van der Waals surface area contributed by atoms with Crippen molar-refractivity contribution in [2.45, 2.75) is 64.8 Å². The Kier molecular flexibility index (Phi) is 8.83. The number of rotatable bonds is 13. The number of nitrogens with one attached hydrogen (secondary N) is 1. The van der Waals surface area contributed by atoms with Gasteiger partial charge in [-0.3, -0.25) is 19.2 Å². The topological polar surface area (TPSA) is 101 Å². The van der Waals surface area contributed by atoms with Gasteiger partial charge in [0, 0.05) is 43.9 Å². The molecule has 0 aliphatic carbocycles. The van der Waals surface area contributed by atoms with Gasteiger partial charge in [-0.05, 0) is 19.3 Å². The molecule has 0 fully saturated rings. The number of Topliss-reactive ketones (excluding diaryl/α,β-unsaturated/α-hetero) is 2. The number of amides is 1. The van der Waals surface area contributed by atoms with Crippen LogP contribution in [0, 0.1) is 0 Å². The zero-order valence-electron chi connectivity index (χ0n) is 17.5. The lowest BCUT2D eigenvalue weighted by molar-refractivity contribution is -0.137. The Hall–Kier alpha value is -1.21. The van der Waals surface area contributed by atoms with E-state index in [4.69, 9.17) is 5.48 Å². The molecule has 0 radical (unpaired) electrons. The molecule has 1 amide bonds. The Balaban J connectivity index is 4.76. The summed E-state index contributed by atoms with van der Waals surface area (Å²) in [5, 5.41) is 10.8. The van der Waals surface area contributed by atoms with Crippen molar-refractivity contribution < 1.29 is 29.8 Å². The summed E-state index contributed by atoms with van der Waals surface area (Å²) in [6.45, 7) is 3.24. The van der Waals surface area contributed by atoms with Gasteiger partial charge in [-0.25, -0.2) is 0 Å². The van der Waals surface area contributed by atoms with Gasteiger partial charge in [0.25, 0.3) is 0 Å². The van der Waals surface area contributed by atoms with Gasteiger partial charge < -0.3 is 10.4 Å². The van der Waals surface area contributed by atoms with Crippen molar-refractivity contribution in [1.82, 2.24) is 5.32 Å². The lowest BCUT2D eigenvalue weighted by Gasteiger charge is -2.07. The quantitative estimate of drug-likeness (QED) is 0.387. The largest absolute Gasteiger partial charge is 0.393 e. The summed E-state index contributed by atoms with van der Waals surface area (Å²) < 4.78 is 30.8. The third kappa shape index (κ3) is 13.0. The summed E-state index contributed by atoms with van der Waals surface area (Å²) in [5.41, 5.74) is 0. The number of carbonyl (C=O) groups excluding carboxylic acids is 4. The monoisotopic (exact) mass is 349 g/mol. The molecule has 0 aromatic heterocycles. The summed E-state index contributed by atoms with van der Waals surface area (Å²) in [6.07, 6.45) is -5.66. The number of ketones is 2. The number of hydrogen-bond donors (Lipinski definition) is 2. The average molecular weight is 349 g/mol. The van der Waals surface area contributed by atoms with E-state index < -0.39 is 35.5 Å². The summed E-state index contributed by atoms with van der Waals surface area (Å²) in [7, 11) is 0. The van der Waals surface area contributed by atoms with E-state index in [1.165, 1.54) is 6.92 Å². The normalized spacial score (nSPS) is 15.6. The highest BCUT2D eigenvalue weighted by Crippen LogP contribution is 2.10. The highest BCUT2D eigenvalue weighted by Gasteiger charge is 2.16. The SMILES string of the molecule is [2H]C([2H])(C(=O)SCCNC(C)=O)C([2H])([2H])C(=O)C(=O)CCCC(O)CCC. The minimum absolute atomic E-state index is 0.00541. The second-order valence-electron chi connectivity index (χ2n) is 4.96. The van der Waals surface area contributed by atoms with Gasteiger partial charge in [0.15, 0.2) is 16.7 Å². The lowest BCUT2D eigenvalue weighted by Crippen LogP contribution is -2.22. The number of aliphatic hydroxyl groups excluding tert-OH is 1. The van der Waals surface area contributed by atoms with Crippen molar-refractivity contribution in [3.63, 3.8) is 0 Å². The fourth-order valence-electron chi connectivity index (χ4n) is 1.67. The predicted molar refractivity (Wildman–Crippen MR) is 90.2 cm³/mol. The molecular formula is C16H27NO5S. The molecule has 6 nitrogen and oxygen atoms in total. The third-order valence-electron chi connectivity index (χ3n) is 2.80. The first-order valence-electron chi connectivity index (χ1n) is 9.55. The molecule has 0 rings (SSSR count). The smallest absolute Gasteiger partial charge is 0.216 e. The number of hydrogen-bond acceptors (Lipinski definition) is 6. The lowest BCUT2D eigenvalue weighted by atomic mass is 10.0. The molecule has 132 valence electrons. The average Bonchev–Trinajstić information content (AvgIpc) is 2.57. The van der Waals surface area contributed by atoms with Crippen LogP contribution in [0.25, 0.3) is 0 Å². The van der Waals surface area contributed by atoms with Gasteiger partial charge in [-0.1, -0.05) is 25.1 Å². The van der Waals surface area contributed by atoms with E-state index in [1.807, 2.05) is 6.92 Å². The molecule has 0 heterocycles. The van der Waals surface area contributed by atoms with Gasteiger partial charge in [0.05, 0.1) is 6.10 Å². The van der Waals surface area contributed by atoms with E-state index in [0.717, 1.165) is 6.42 Å². The number of carbonyl (C=O) groups is 4. The zero-order chi connectivity index (χ0) is 21.3. The molecule has 0 aliphatic rings. The maximum absolute atomic E-state index is 12.1. The maximum atomic E-state index is 12.1. The van der Waals surface area contributed by atoms with E-state index in [9.17, 15) is 24.3 Å². The van der Waals surface area contributed by atoms with Crippen LogP contribution in [0.5, 0.6) is 0 Å². The van der Waals surface area contributed by atoms with Gasteiger partial charge in [0.2, 0.25) is 5.91 Å². The molecule has 0 saturated heterocycles. The zero-order valence-corrected chi connectivity index (χ0v) is 14.3. The second-order valence-corrected chi connectivity index (χ2v) is 6.02. The van der Waals surface area contributed by atoms with Crippen LogP contribution in [0.3, 0.4) is 0 Å². The molecule has 2 N–H and O–H groups in total. The van der Waals surface area contributed by atoms with Crippen LogP contribution in [-0.2, 0) is 19.2 Å². The van der Waals surface area contributed by atoms with E-state index in [2.05, 4.69) is 5.32 Å². The first-order chi connectivity index (χ1) is 12.4. The molecule has 0 saturated carbocycles. The van der Waals surface area contributed by atoms with Crippen molar-refractivity contribution >= 4 is 34.4 Å². The molecule has 0 aromatic rings. The first kappa shape index (κ1) is 15.3. The Labute approximate surface area is 147 Å². The van der Waals surface area contributed by atoms with Gasteiger partial charge >= 0.3 is 0 Å². The fourth-order valence-corrected chi connectivity index (χ4v) is 2.19. The van der Waals surface area contributed by atoms with E-state index in [-0.39, 0.29) is 37.5 Å². The summed E-state index contributed by atoms with van der Waals surface area (Å²) in [5.74, 6) is -3.02. The highest BCUT2D eigenvalue weighted by molar-refractivity contribution is 8.13. The minimum atomic E-state index is -3.30. The van der Waals surface area contributed by atoms with E-state index in [0.29, 0.717) is 18.2 Å². The van der Waals surface area contributed by atoms with Gasteiger partial charge in [0.1, 0.15) is 0 Å². The third-order valence-corrected chi connectivity index (χ3v) is 3.58. The van der Waals surface area contributed by atoms with Crippen LogP contribution in [0.15, 0.2) is 0 Å². The minimum Gasteiger partial charge on any atom is -0.393 e. The van der Waals surface area contributed by atoms with Crippen molar-refractivity contribution in [2.24, 2.45) is 0 Å². The second kappa shape index (κ2) is 13.2. The van der Waals surface area contributed by atoms with Crippen molar-refractivity contribution in [2.75, 3.05) is 12.3 Å². The highest BCUT2D eigenvalue weighted by atomic mass is 32.2. The number of aliphatic hydroxyl groups is 1. The molecule has 1 atom stereocenters. The van der Waals surface area contributed by atoms with Crippen LogP contribution in [0.1, 0.15) is 64.2 Å². The summed E-state index contributed by atoms with van der Waals surface area (Å²) in [6, 6.07) is 0. The van der Waals surface area contributed by atoms with Gasteiger partial charge in [-0.2, -0.15) is 0 Å². The predicted octanol–water partition coefficient (Wildman–Crippen LogP) is 1.63. The van der Waals surface area contributed by atoms with Crippen LogP contribution >= 0.6 is 11.8 Å². The molecular weight excluding hydrogens is 318 g/mol. The Morgan fingerprint density at radius 3 is 2.48 bits per heavy atom. The van der Waals surface area contributed by atoms with Crippen LogP contribution < -0.4 is 5.32 Å². The Bertz CT molecular complexity index is 557. The molecule has 0 bridgehead atoms. The summed E-state index contributed by atoms with van der Waals surface area (Å²) >= 11 is 0.443. The van der Waals surface area contributed by atoms with Crippen LogP contribution in [0.2, 0.25) is 0 Å². The Morgan fingerprint density at radius 2 is 1.87 bits per heavy atom. The molecule has 0 aromatic carbocycles. The molecule has 23 heavy (non-hydrogen) atoms. The summed E-state index contributed by atoms with van der Waals surface area (Å²) in [4.78, 5) is 46.8. The molecule has 7 heteroatoms. The molecule has 1 unspecified atom stereocenters. The molecule has 0 aliphatic heterocycles. The van der Waals surface area contributed by atoms with E-state index >= 15 is 0 Å². The van der Waals surface area contributed by atoms with Gasteiger partial charge in [-0.15, -0.1) is 0 Å². The van der Waals surface area contributed by atoms with Crippen molar-refractivity contribution in [3.8, 4) is 0 Å².